The summed E-state index contributed by atoms with van der Waals surface area (Å²) in [6.07, 6.45) is 6.23. The molecular formula is C25H31N3O5. The fourth-order valence-electron chi connectivity index (χ4n) is 4.21. The molecule has 0 bridgehead atoms. The molecule has 1 saturated carbocycles. The van der Waals surface area contributed by atoms with Crippen molar-refractivity contribution in [2.75, 3.05) is 37.1 Å². The minimum atomic E-state index is -0.218. The lowest BCUT2D eigenvalue weighted by atomic mass is 9.96. The van der Waals surface area contributed by atoms with Gasteiger partial charge in [0.2, 0.25) is 0 Å². The standard InChI is InChI=1S/C25H31N3O5/c1-31-20-9-11-21(12-10-20)32-15-5-14-28-22-16-19(8-13-23(22)33-17-24(28)29)27-25(30)26-18-6-3-2-4-7-18/h8-13,16,18H,2-7,14-15,17H2,1H3,(H2,26,27,30). The molecule has 0 aromatic heterocycles. The molecule has 4 rings (SSSR count). The number of hydrogen-bond acceptors (Lipinski definition) is 5. The van der Waals surface area contributed by atoms with E-state index in [0.29, 0.717) is 36.7 Å². The van der Waals surface area contributed by atoms with E-state index in [9.17, 15) is 9.59 Å². The maximum atomic E-state index is 12.5. The summed E-state index contributed by atoms with van der Waals surface area (Å²) in [6.45, 7) is 0.957. The van der Waals surface area contributed by atoms with E-state index in [-0.39, 0.29) is 24.6 Å². The molecule has 0 unspecified atom stereocenters. The molecule has 1 heterocycles. The van der Waals surface area contributed by atoms with Crippen LogP contribution in [0.15, 0.2) is 42.5 Å². The fraction of sp³-hybridized carbons (Fsp3) is 0.440. The number of carbonyl (C=O) groups is 2. The number of nitrogens with zero attached hydrogens (tertiary/aromatic N) is 1. The van der Waals surface area contributed by atoms with Gasteiger partial charge in [-0.1, -0.05) is 19.3 Å². The number of ether oxygens (including phenoxy) is 3. The predicted octanol–water partition coefficient (Wildman–Crippen LogP) is 4.34. The highest BCUT2D eigenvalue weighted by atomic mass is 16.5. The van der Waals surface area contributed by atoms with E-state index in [1.54, 1.807) is 30.2 Å². The van der Waals surface area contributed by atoms with Gasteiger partial charge in [0.25, 0.3) is 5.91 Å². The molecule has 2 N–H and O–H groups in total. The maximum Gasteiger partial charge on any atom is 0.319 e. The maximum absolute atomic E-state index is 12.5. The van der Waals surface area contributed by atoms with Crippen molar-refractivity contribution in [2.45, 2.75) is 44.6 Å². The van der Waals surface area contributed by atoms with Gasteiger partial charge in [0.15, 0.2) is 6.61 Å². The minimum absolute atomic E-state index is 0.00127. The molecule has 0 spiro atoms. The highest BCUT2D eigenvalue weighted by Crippen LogP contribution is 2.34. The number of amides is 3. The average molecular weight is 454 g/mol. The van der Waals surface area contributed by atoms with Crippen LogP contribution in [0, 0.1) is 0 Å². The molecule has 1 aliphatic heterocycles. The van der Waals surface area contributed by atoms with Gasteiger partial charge >= 0.3 is 6.03 Å². The van der Waals surface area contributed by atoms with Crippen molar-refractivity contribution in [1.82, 2.24) is 5.32 Å². The van der Waals surface area contributed by atoms with Crippen LogP contribution < -0.4 is 29.7 Å². The molecule has 2 aliphatic rings. The molecule has 1 fully saturated rings. The van der Waals surface area contributed by atoms with Crippen molar-refractivity contribution in [3.05, 3.63) is 42.5 Å². The first-order chi connectivity index (χ1) is 16.1. The SMILES string of the molecule is COc1ccc(OCCCN2C(=O)COc3ccc(NC(=O)NC4CCCCC4)cc32)cc1. The van der Waals surface area contributed by atoms with E-state index in [4.69, 9.17) is 14.2 Å². The number of carbonyl (C=O) groups excluding carboxylic acids is 2. The molecule has 8 heteroatoms. The van der Waals surface area contributed by atoms with Gasteiger partial charge in [-0.2, -0.15) is 0 Å². The van der Waals surface area contributed by atoms with Crippen molar-refractivity contribution < 1.29 is 23.8 Å². The van der Waals surface area contributed by atoms with Crippen molar-refractivity contribution in [3.63, 3.8) is 0 Å². The number of rotatable bonds is 8. The zero-order chi connectivity index (χ0) is 23.0. The molecule has 2 aromatic carbocycles. The average Bonchev–Trinajstić information content (AvgIpc) is 2.84. The zero-order valence-electron chi connectivity index (χ0n) is 19.0. The number of methoxy groups -OCH3 is 1. The lowest BCUT2D eigenvalue weighted by molar-refractivity contribution is -0.121. The number of hydrogen-bond donors (Lipinski definition) is 2. The number of nitrogens with one attached hydrogen (secondary N) is 2. The predicted molar refractivity (Wildman–Crippen MR) is 126 cm³/mol. The van der Waals surface area contributed by atoms with Crippen LogP contribution in [0.5, 0.6) is 17.2 Å². The summed E-state index contributed by atoms with van der Waals surface area (Å²) >= 11 is 0. The van der Waals surface area contributed by atoms with Gasteiger partial charge in [-0.15, -0.1) is 0 Å². The summed E-state index contributed by atoms with van der Waals surface area (Å²) in [7, 11) is 1.62. The van der Waals surface area contributed by atoms with Gasteiger partial charge in [-0.3, -0.25) is 4.79 Å². The van der Waals surface area contributed by atoms with Crippen molar-refractivity contribution >= 4 is 23.3 Å². The Labute approximate surface area is 194 Å². The normalized spacial score (nSPS) is 15.9. The second kappa shape index (κ2) is 10.9. The first-order valence-corrected chi connectivity index (χ1v) is 11.5. The number of urea groups is 1. The number of benzene rings is 2. The Kier molecular flexibility index (Phi) is 7.55. The highest BCUT2D eigenvalue weighted by Gasteiger charge is 2.26. The molecule has 33 heavy (non-hydrogen) atoms. The highest BCUT2D eigenvalue weighted by molar-refractivity contribution is 5.99. The smallest absolute Gasteiger partial charge is 0.319 e. The van der Waals surface area contributed by atoms with Crippen LogP contribution in [-0.2, 0) is 4.79 Å². The van der Waals surface area contributed by atoms with E-state index in [1.165, 1.54) is 6.42 Å². The minimum Gasteiger partial charge on any atom is -0.497 e. The molecule has 3 amide bonds. The third-order valence-electron chi connectivity index (χ3n) is 5.95. The summed E-state index contributed by atoms with van der Waals surface area (Å²) in [5.74, 6) is 2.04. The van der Waals surface area contributed by atoms with Crippen molar-refractivity contribution in [1.29, 1.82) is 0 Å². The van der Waals surface area contributed by atoms with Crippen LogP contribution in [0.3, 0.4) is 0 Å². The van der Waals surface area contributed by atoms with Crippen LogP contribution in [0.1, 0.15) is 38.5 Å². The summed E-state index contributed by atoms with van der Waals surface area (Å²) in [5.41, 5.74) is 1.28. The third-order valence-corrected chi connectivity index (χ3v) is 5.95. The molecule has 0 atom stereocenters. The van der Waals surface area contributed by atoms with Crippen LogP contribution in [0.4, 0.5) is 16.2 Å². The second-order valence-electron chi connectivity index (χ2n) is 8.33. The Morgan fingerprint density at radius 3 is 2.61 bits per heavy atom. The number of fused-ring (bicyclic) bond motifs is 1. The van der Waals surface area contributed by atoms with Crippen LogP contribution >= 0.6 is 0 Å². The molecule has 0 radical (unpaired) electrons. The van der Waals surface area contributed by atoms with Crippen molar-refractivity contribution in [3.8, 4) is 17.2 Å². The molecule has 2 aromatic rings. The largest absolute Gasteiger partial charge is 0.497 e. The topological polar surface area (TPSA) is 89.1 Å². The Hall–Kier alpha value is -3.42. The first kappa shape index (κ1) is 22.8. The van der Waals surface area contributed by atoms with Crippen LogP contribution in [0.2, 0.25) is 0 Å². The van der Waals surface area contributed by atoms with E-state index in [0.717, 1.165) is 37.2 Å². The van der Waals surface area contributed by atoms with E-state index < -0.39 is 0 Å². The third kappa shape index (κ3) is 6.09. The lowest BCUT2D eigenvalue weighted by Crippen LogP contribution is -2.40. The second-order valence-corrected chi connectivity index (χ2v) is 8.33. The van der Waals surface area contributed by atoms with Crippen LogP contribution in [-0.4, -0.2) is 44.8 Å². The zero-order valence-corrected chi connectivity index (χ0v) is 19.0. The van der Waals surface area contributed by atoms with Gasteiger partial charge in [-0.25, -0.2) is 4.79 Å². The Balaban J connectivity index is 1.33. The Morgan fingerprint density at radius 1 is 1.09 bits per heavy atom. The van der Waals surface area contributed by atoms with Gasteiger partial charge in [0.1, 0.15) is 17.2 Å². The molecule has 1 aliphatic carbocycles. The molecular weight excluding hydrogens is 422 g/mol. The summed E-state index contributed by atoms with van der Waals surface area (Å²) < 4.78 is 16.5. The Morgan fingerprint density at radius 2 is 1.85 bits per heavy atom. The first-order valence-electron chi connectivity index (χ1n) is 11.5. The van der Waals surface area contributed by atoms with E-state index in [1.807, 2.05) is 24.3 Å². The fourth-order valence-corrected chi connectivity index (χ4v) is 4.21. The summed E-state index contributed by atoms with van der Waals surface area (Å²) in [5, 5.41) is 5.94. The number of anilines is 2. The monoisotopic (exact) mass is 453 g/mol. The van der Waals surface area contributed by atoms with Crippen LogP contribution in [0.25, 0.3) is 0 Å². The van der Waals surface area contributed by atoms with E-state index in [2.05, 4.69) is 10.6 Å². The van der Waals surface area contributed by atoms with Crippen molar-refractivity contribution in [2.24, 2.45) is 0 Å². The lowest BCUT2D eigenvalue weighted by Gasteiger charge is -2.30. The molecule has 8 nitrogen and oxygen atoms in total. The summed E-state index contributed by atoms with van der Waals surface area (Å²) in [6, 6.07) is 12.8. The van der Waals surface area contributed by atoms with Gasteiger partial charge in [0.05, 0.1) is 19.4 Å². The van der Waals surface area contributed by atoms with Gasteiger partial charge in [-0.05, 0) is 61.7 Å². The molecule has 0 saturated heterocycles. The molecule has 176 valence electrons. The quantitative estimate of drug-likeness (QED) is 0.581. The van der Waals surface area contributed by atoms with Gasteiger partial charge in [0, 0.05) is 18.3 Å². The van der Waals surface area contributed by atoms with Gasteiger partial charge < -0.3 is 29.7 Å². The van der Waals surface area contributed by atoms with E-state index >= 15 is 0 Å². The Bertz CT molecular complexity index is 957. The summed E-state index contributed by atoms with van der Waals surface area (Å²) in [4.78, 5) is 26.7.